The molecule has 0 aliphatic rings. The largest absolute Gasteiger partial charge is 0.618 e. The summed E-state index contributed by atoms with van der Waals surface area (Å²) >= 11 is 10.2. The summed E-state index contributed by atoms with van der Waals surface area (Å²) in [5.74, 6) is 2.16. The number of carbonyl (C=O) groups excluding carboxylic acids is 1. The summed E-state index contributed by atoms with van der Waals surface area (Å²) in [7, 11) is 0. The van der Waals surface area contributed by atoms with Gasteiger partial charge in [-0.2, -0.15) is 4.73 Å². The monoisotopic (exact) mass is 476 g/mol. The van der Waals surface area contributed by atoms with Gasteiger partial charge in [0.25, 0.3) is 5.91 Å². The average molecular weight is 478 g/mol. The van der Waals surface area contributed by atoms with Crippen molar-refractivity contribution in [1.82, 2.24) is 0 Å². The van der Waals surface area contributed by atoms with Gasteiger partial charge in [-0.15, -0.1) is 12.3 Å². The van der Waals surface area contributed by atoms with E-state index in [1.54, 1.807) is 0 Å². The molecule has 1 heterocycles. The number of nitrogens with zero attached hydrogens (tertiary/aromatic N) is 1. The van der Waals surface area contributed by atoms with E-state index in [2.05, 4.69) is 27.2 Å². The summed E-state index contributed by atoms with van der Waals surface area (Å²) in [6, 6.07) is 3.99. The van der Waals surface area contributed by atoms with Crippen molar-refractivity contribution in [3.05, 3.63) is 60.5 Å². The number of halogens is 2. The van der Waals surface area contributed by atoms with Gasteiger partial charge in [-0.1, -0.05) is 55.2 Å². The first-order valence-electron chi connectivity index (χ1n) is 9.85. The molecule has 1 amide bonds. The Morgan fingerprint density at radius 3 is 2.14 bits per heavy atom. The van der Waals surface area contributed by atoms with Crippen molar-refractivity contribution in [2.45, 2.75) is 59.8 Å². The molecule has 154 valence electrons. The van der Waals surface area contributed by atoms with Gasteiger partial charge in [0.2, 0.25) is 5.69 Å². The van der Waals surface area contributed by atoms with Crippen molar-refractivity contribution in [1.29, 1.82) is 0 Å². The van der Waals surface area contributed by atoms with Crippen LogP contribution in [-0.4, -0.2) is 5.91 Å². The third kappa shape index (κ3) is 4.60. The van der Waals surface area contributed by atoms with Crippen molar-refractivity contribution in [2.24, 2.45) is 0 Å². The molecule has 1 aromatic heterocycles. The van der Waals surface area contributed by atoms with Gasteiger partial charge in [0.1, 0.15) is 5.56 Å². The van der Waals surface area contributed by atoms with E-state index in [0.717, 1.165) is 38.9 Å². The molecule has 0 aliphatic carbocycles. The lowest BCUT2D eigenvalue weighted by Crippen LogP contribution is -2.41. The van der Waals surface area contributed by atoms with Gasteiger partial charge in [-0.25, -0.2) is 0 Å². The van der Waals surface area contributed by atoms with Crippen molar-refractivity contribution in [2.75, 3.05) is 5.32 Å². The number of aryl methyl sites for hydroxylation is 2. The smallest absolute Gasteiger partial charge is 0.263 e. The summed E-state index contributed by atoms with van der Waals surface area (Å²) in [6.45, 7) is 7.79. The predicted molar refractivity (Wildman–Crippen MR) is 123 cm³/mol. The van der Waals surface area contributed by atoms with Crippen LogP contribution in [-0.2, 0) is 32.1 Å². The maximum Gasteiger partial charge on any atom is 0.263 e. The minimum Gasteiger partial charge on any atom is -0.618 e. The molecule has 2 aromatic rings. The molecule has 0 bridgehead atoms. The zero-order chi connectivity index (χ0) is 21.7. The van der Waals surface area contributed by atoms with E-state index >= 15 is 0 Å². The molecule has 6 heteroatoms. The highest BCUT2D eigenvalue weighted by molar-refractivity contribution is 9.10. The number of amides is 1. The molecule has 2 rings (SSSR count). The number of hydrogen-bond donors (Lipinski definition) is 1. The van der Waals surface area contributed by atoms with Crippen LogP contribution < -0.4 is 10.0 Å². The maximum atomic E-state index is 13.3. The average Bonchev–Trinajstić information content (AvgIpc) is 2.71. The molecule has 0 atom stereocenters. The van der Waals surface area contributed by atoms with E-state index in [9.17, 15) is 10.0 Å². The fraction of sp³-hybridized carbons (Fsp3) is 0.391. The number of pyridine rings is 1. The molecular weight excluding hydrogens is 452 g/mol. The molecule has 0 saturated heterocycles. The number of nitrogens with one attached hydrogen (secondary N) is 1. The Bertz CT molecular complexity index is 955. The molecule has 29 heavy (non-hydrogen) atoms. The minimum atomic E-state index is -0.385. The van der Waals surface area contributed by atoms with Gasteiger partial charge in [0, 0.05) is 29.4 Å². The maximum absolute atomic E-state index is 13.3. The number of anilines is 1. The SMILES string of the molecule is C#CCc1c(Cl)c(C(=O)Nc2c(CC)cc(Br)cc2CC)c(CC)[n+]([O-])c1CC. The van der Waals surface area contributed by atoms with Gasteiger partial charge >= 0.3 is 0 Å². The van der Waals surface area contributed by atoms with Crippen molar-refractivity contribution in [3.63, 3.8) is 0 Å². The molecule has 0 saturated carbocycles. The summed E-state index contributed by atoms with van der Waals surface area (Å²) in [4.78, 5) is 13.3. The van der Waals surface area contributed by atoms with E-state index < -0.39 is 0 Å². The normalized spacial score (nSPS) is 10.7. The molecule has 4 nitrogen and oxygen atoms in total. The Morgan fingerprint density at radius 1 is 1.14 bits per heavy atom. The number of terminal acetylenes is 1. The first-order chi connectivity index (χ1) is 13.8. The molecule has 0 unspecified atom stereocenters. The molecule has 1 N–H and O–H groups in total. The first kappa shape index (κ1) is 23.3. The minimum absolute atomic E-state index is 0.202. The molecule has 0 spiro atoms. The summed E-state index contributed by atoms with van der Waals surface area (Å²) in [5.41, 5.74) is 4.45. The van der Waals surface area contributed by atoms with Crippen LogP contribution in [0, 0.1) is 17.6 Å². The highest BCUT2D eigenvalue weighted by Crippen LogP contribution is 2.31. The number of aromatic nitrogens is 1. The van der Waals surface area contributed by atoms with E-state index in [1.807, 2.05) is 39.8 Å². The topological polar surface area (TPSA) is 56.0 Å². The second-order valence-electron chi connectivity index (χ2n) is 6.70. The van der Waals surface area contributed by atoms with Crippen LogP contribution in [0.1, 0.15) is 66.1 Å². The lowest BCUT2D eigenvalue weighted by atomic mass is 9.99. The van der Waals surface area contributed by atoms with Gasteiger partial charge in [0.15, 0.2) is 5.69 Å². The van der Waals surface area contributed by atoms with Crippen molar-refractivity contribution >= 4 is 39.1 Å². The molecule has 0 fully saturated rings. The number of benzene rings is 1. The van der Waals surface area contributed by atoms with Crippen LogP contribution in [0.15, 0.2) is 16.6 Å². The standard InChI is InChI=1S/C23H26BrClN2O2/c1-6-11-17-18(9-4)27(29)19(10-5)20(21(17)25)23(28)26-22-14(7-2)12-16(24)13-15(22)8-3/h1,12-13H,7-11H2,2-5H3,(H,26,28). The van der Waals surface area contributed by atoms with Gasteiger partial charge in [-0.05, 0) is 36.1 Å². The predicted octanol–water partition coefficient (Wildman–Crippen LogP) is 5.41. The fourth-order valence-electron chi connectivity index (χ4n) is 3.60. The molecule has 0 radical (unpaired) electrons. The van der Waals surface area contributed by atoms with Crippen LogP contribution in [0.3, 0.4) is 0 Å². The van der Waals surface area contributed by atoms with Crippen LogP contribution in [0.25, 0.3) is 0 Å². The molecular formula is C23H26BrClN2O2. The Hall–Kier alpha value is -2.03. The molecule has 1 aromatic carbocycles. The lowest BCUT2D eigenvalue weighted by Gasteiger charge is -2.19. The van der Waals surface area contributed by atoms with Crippen LogP contribution in [0.2, 0.25) is 5.02 Å². The van der Waals surface area contributed by atoms with Gasteiger partial charge in [-0.3, -0.25) is 4.79 Å². The Balaban J connectivity index is 2.67. The number of rotatable bonds is 7. The number of carbonyl (C=O) groups is 1. The second kappa shape index (κ2) is 10.1. The zero-order valence-electron chi connectivity index (χ0n) is 17.3. The second-order valence-corrected chi connectivity index (χ2v) is 8.00. The quantitative estimate of drug-likeness (QED) is 0.329. The summed E-state index contributed by atoms with van der Waals surface area (Å²) < 4.78 is 1.80. The number of hydrogen-bond acceptors (Lipinski definition) is 2. The van der Waals surface area contributed by atoms with Gasteiger partial charge < -0.3 is 10.5 Å². The summed E-state index contributed by atoms with van der Waals surface area (Å²) in [6.07, 6.45) is 8.08. The van der Waals surface area contributed by atoms with Crippen molar-refractivity contribution < 1.29 is 9.52 Å². The third-order valence-electron chi connectivity index (χ3n) is 5.05. The molecule has 0 aliphatic heterocycles. The third-order valence-corrected chi connectivity index (χ3v) is 5.93. The summed E-state index contributed by atoms with van der Waals surface area (Å²) in [5, 5.41) is 16.2. The highest BCUT2D eigenvalue weighted by atomic mass is 79.9. The van der Waals surface area contributed by atoms with E-state index in [4.69, 9.17) is 18.0 Å². The zero-order valence-corrected chi connectivity index (χ0v) is 19.6. The Labute approximate surface area is 186 Å². The van der Waals surface area contributed by atoms with Crippen LogP contribution >= 0.6 is 27.5 Å². The van der Waals surface area contributed by atoms with E-state index in [0.29, 0.717) is 29.8 Å². The van der Waals surface area contributed by atoms with Gasteiger partial charge in [0.05, 0.1) is 10.6 Å². The highest BCUT2D eigenvalue weighted by Gasteiger charge is 2.29. The van der Waals surface area contributed by atoms with Crippen LogP contribution in [0.5, 0.6) is 0 Å². The lowest BCUT2D eigenvalue weighted by molar-refractivity contribution is -0.622. The van der Waals surface area contributed by atoms with E-state index in [1.165, 1.54) is 0 Å². The Kier molecular flexibility index (Phi) is 8.13. The van der Waals surface area contributed by atoms with Crippen LogP contribution in [0.4, 0.5) is 5.69 Å². The Morgan fingerprint density at radius 2 is 1.69 bits per heavy atom. The van der Waals surface area contributed by atoms with E-state index in [-0.39, 0.29) is 22.9 Å². The first-order valence-corrected chi connectivity index (χ1v) is 11.0. The fourth-order valence-corrected chi connectivity index (χ4v) is 4.52. The van der Waals surface area contributed by atoms with Crippen molar-refractivity contribution in [3.8, 4) is 12.3 Å².